The van der Waals surface area contributed by atoms with Gasteiger partial charge in [0, 0.05) is 20.1 Å². The summed E-state index contributed by atoms with van der Waals surface area (Å²) < 4.78 is 12.4. The van der Waals surface area contributed by atoms with Crippen LogP contribution < -0.4 is 0 Å². The first-order chi connectivity index (χ1) is 9.49. The summed E-state index contributed by atoms with van der Waals surface area (Å²) in [7, 11) is 3.23. The molecule has 0 bridgehead atoms. The molecule has 114 valence electrons. The molecule has 1 heterocycles. The van der Waals surface area contributed by atoms with Crippen molar-refractivity contribution >= 4 is 17.7 Å². The number of carboxylic acid groups (broad SMARTS) is 1. The van der Waals surface area contributed by atoms with Crippen LogP contribution in [0.1, 0.15) is 25.6 Å². The quantitative estimate of drug-likeness (QED) is 0.687. The van der Waals surface area contributed by atoms with E-state index in [1.165, 1.54) is 0 Å². The monoisotopic (exact) mass is 303 g/mol. The predicted molar refractivity (Wildman–Crippen MR) is 75.1 cm³/mol. The predicted octanol–water partition coefficient (Wildman–Crippen LogP) is 1.24. The van der Waals surface area contributed by atoms with Crippen LogP contribution in [-0.2, 0) is 20.8 Å². The van der Waals surface area contributed by atoms with E-state index in [9.17, 15) is 4.79 Å². The zero-order chi connectivity index (χ0) is 15.1. The van der Waals surface area contributed by atoms with E-state index in [0.717, 1.165) is 17.6 Å². The number of carboxylic acids is 1. The number of rotatable bonds is 9. The molecule has 0 aromatic carbocycles. The molecule has 8 heteroatoms. The van der Waals surface area contributed by atoms with Crippen molar-refractivity contribution < 1.29 is 19.4 Å². The van der Waals surface area contributed by atoms with Crippen LogP contribution in [0.5, 0.6) is 0 Å². The molecule has 1 unspecified atom stereocenters. The highest BCUT2D eigenvalue weighted by molar-refractivity contribution is 7.99. The first kappa shape index (κ1) is 16.9. The average molecular weight is 303 g/mol. The number of carbonyl (C=O) groups is 1. The number of hydrogen-bond acceptors (Lipinski definition) is 6. The largest absolute Gasteiger partial charge is 0.481 e. The van der Waals surface area contributed by atoms with Gasteiger partial charge in [0.1, 0.15) is 5.82 Å². The van der Waals surface area contributed by atoms with Crippen molar-refractivity contribution in [3.63, 3.8) is 0 Å². The summed E-state index contributed by atoms with van der Waals surface area (Å²) in [5.41, 5.74) is 0. The fraction of sp³-hybridized carbons (Fsp3) is 0.750. The van der Waals surface area contributed by atoms with Crippen LogP contribution in [0, 0.1) is 0 Å². The molecule has 1 N–H and O–H groups in total. The molecule has 0 fully saturated rings. The van der Waals surface area contributed by atoms with Crippen molar-refractivity contribution in [3.8, 4) is 0 Å². The lowest BCUT2D eigenvalue weighted by Crippen LogP contribution is -2.25. The fourth-order valence-corrected chi connectivity index (χ4v) is 2.39. The number of aromatic nitrogens is 3. The first-order valence-corrected chi connectivity index (χ1v) is 7.27. The van der Waals surface area contributed by atoms with Gasteiger partial charge in [0.25, 0.3) is 0 Å². The van der Waals surface area contributed by atoms with Gasteiger partial charge >= 0.3 is 5.97 Å². The summed E-state index contributed by atoms with van der Waals surface area (Å²) >= 11 is 1.16. The first-order valence-electron chi connectivity index (χ1n) is 6.29. The van der Waals surface area contributed by atoms with Crippen LogP contribution in [0.25, 0.3) is 0 Å². The minimum atomic E-state index is -0.879. The standard InChI is InChI=1S/C12H21N3O4S/c1-8(2)11-13-14-12(20-7-10(16)17)15(11)5-9(19-4)6-18-3/h8-9H,5-7H2,1-4H3,(H,16,17). The Morgan fingerprint density at radius 1 is 1.40 bits per heavy atom. The van der Waals surface area contributed by atoms with Crippen molar-refractivity contribution in [2.45, 2.75) is 37.6 Å². The number of thioether (sulfide) groups is 1. The van der Waals surface area contributed by atoms with E-state index in [1.807, 2.05) is 18.4 Å². The maximum absolute atomic E-state index is 10.7. The zero-order valence-corrected chi connectivity index (χ0v) is 13.0. The third kappa shape index (κ3) is 4.77. The molecule has 0 amide bonds. The summed E-state index contributed by atoms with van der Waals surface area (Å²) in [5, 5.41) is 17.6. The maximum Gasteiger partial charge on any atom is 0.313 e. The highest BCUT2D eigenvalue weighted by Crippen LogP contribution is 2.22. The number of hydrogen-bond donors (Lipinski definition) is 1. The van der Waals surface area contributed by atoms with Gasteiger partial charge in [0.15, 0.2) is 5.16 Å². The molecular weight excluding hydrogens is 282 g/mol. The third-order valence-electron chi connectivity index (χ3n) is 2.66. The van der Waals surface area contributed by atoms with E-state index in [1.54, 1.807) is 14.2 Å². The highest BCUT2D eigenvalue weighted by Gasteiger charge is 2.19. The van der Waals surface area contributed by atoms with Gasteiger partial charge in [0.2, 0.25) is 0 Å². The van der Waals surface area contributed by atoms with Gasteiger partial charge in [-0.2, -0.15) is 0 Å². The van der Waals surface area contributed by atoms with E-state index in [-0.39, 0.29) is 17.8 Å². The van der Waals surface area contributed by atoms with Crippen molar-refractivity contribution in [1.29, 1.82) is 0 Å². The number of nitrogens with zero attached hydrogens (tertiary/aromatic N) is 3. The van der Waals surface area contributed by atoms with Gasteiger partial charge in [-0.3, -0.25) is 4.79 Å². The Morgan fingerprint density at radius 3 is 2.60 bits per heavy atom. The molecular formula is C12H21N3O4S. The smallest absolute Gasteiger partial charge is 0.313 e. The van der Waals surface area contributed by atoms with Gasteiger partial charge in [-0.1, -0.05) is 25.6 Å². The summed E-state index contributed by atoms with van der Waals surface area (Å²) in [6, 6.07) is 0. The molecule has 0 saturated carbocycles. The van der Waals surface area contributed by atoms with Gasteiger partial charge in [-0.05, 0) is 0 Å². The van der Waals surface area contributed by atoms with E-state index in [2.05, 4.69) is 10.2 Å². The Balaban J connectivity index is 2.92. The van der Waals surface area contributed by atoms with E-state index in [0.29, 0.717) is 18.3 Å². The molecule has 1 rings (SSSR count). The molecule has 0 aliphatic heterocycles. The lowest BCUT2D eigenvalue weighted by atomic mass is 10.2. The van der Waals surface area contributed by atoms with Crippen molar-refractivity contribution in [2.24, 2.45) is 0 Å². The van der Waals surface area contributed by atoms with Gasteiger partial charge < -0.3 is 19.1 Å². The second-order valence-corrected chi connectivity index (χ2v) is 5.54. The third-order valence-corrected chi connectivity index (χ3v) is 3.61. The Labute approximate surface area is 122 Å². The molecule has 7 nitrogen and oxygen atoms in total. The van der Waals surface area contributed by atoms with Gasteiger partial charge in [-0.25, -0.2) is 0 Å². The van der Waals surface area contributed by atoms with Crippen molar-refractivity contribution in [2.75, 3.05) is 26.6 Å². The average Bonchev–Trinajstić information content (AvgIpc) is 2.78. The second-order valence-electron chi connectivity index (χ2n) is 4.60. The van der Waals surface area contributed by atoms with E-state index >= 15 is 0 Å². The number of methoxy groups -OCH3 is 2. The van der Waals surface area contributed by atoms with Crippen LogP contribution in [-0.4, -0.2) is 58.5 Å². The SMILES string of the molecule is COCC(Cn1c(SCC(=O)O)nnc1C(C)C)OC. The van der Waals surface area contributed by atoms with Crippen LogP contribution in [0.4, 0.5) is 0 Å². The number of ether oxygens (including phenoxy) is 2. The topological polar surface area (TPSA) is 86.5 Å². The Morgan fingerprint density at radius 2 is 2.10 bits per heavy atom. The van der Waals surface area contributed by atoms with Crippen LogP contribution in [0.2, 0.25) is 0 Å². The Hall–Kier alpha value is -1.12. The molecule has 0 aliphatic rings. The van der Waals surface area contributed by atoms with E-state index in [4.69, 9.17) is 14.6 Å². The van der Waals surface area contributed by atoms with Gasteiger partial charge in [0.05, 0.1) is 25.0 Å². The summed E-state index contributed by atoms with van der Waals surface area (Å²) in [4.78, 5) is 10.7. The Kier molecular flexibility index (Phi) is 6.97. The highest BCUT2D eigenvalue weighted by atomic mass is 32.2. The molecule has 0 saturated heterocycles. The fourth-order valence-electron chi connectivity index (χ4n) is 1.72. The van der Waals surface area contributed by atoms with Crippen LogP contribution in [0.15, 0.2) is 5.16 Å². The van der Waals surface area contributed by atoms with Gasteiger partial charge in [-0.15, -0.1) is 10.2 Å². The molecule has 20 heavy (non-hydrogen) atoms. The molecule has 1 aromatic heterocycles. The van der Waals surface area contributed by atoms with Crippen LogP contribution >= 0.6 is 11.8 Å². The minimum Gasteiger partial charge on any atom is -0.481 e. The lowest BCUT2D eigenvalue weighted by Gasteiger charge is -2.18. The summed E-state index contributed by atoms with van der Waals surface area (Å²) in [6.07, 6.45) is -0.127. The molecule has 1 atom stereocenters. The summed E-state index contributed by atoms with van der Waals surface area (Å²) in [5.74, 6) is 0.0895. The lowest BCUT2D eigenvalue weighted by molar-refractivity contribution is -0.133. The van der Waals surface area contributed by atoms with Crippen molar-refractivity contribution in [3.05, 3.63) is 5.82 Å². The molecule has 0 spiro atoms. The Bertz CT molecular complexity index is 436. The molecule has 1 aromatic rings. The maximum atomic E-state index is 10.7. The second kappa shape index (κ2) is 8.23. The minimum absolute atomic E-state index is 0.0435. The number of aliphatic carboxylic acids is 1. The molecule has 0 aliphatic carbocycles. The van der Waals surface area contributed by atoms with Crippen LogP contribution in [0.3, 0.4) is 0 Å². The summed E-state index contributed by atoms with van der Waals surface area (Å²) in [6.45, 7) is 5.02. The van der Waals surface area contributed by atoms with E-state index < -0.39 is 5.97 Å². The van der Waals surface area contributed by atoms with Crippen molar-refractivity contribution in [1.82, 2.24) is 14.8 Å². The normalized spacial score (nSPS) is 12.8. The molecule has 0 radical (unpaired) electrons. The zero-order valence-electron chi connectivity index (χ0n) is 12.2.